The molecule has 144 valence electrons. The molecule has 6 nitrogen and oxygen atoms in total. The van der Waals surface area contributed by atoms with Gasteiger partial charge in [0, 0.05) is 10.5 Å². The molecule has 2 aromatic carbocycles. The molecular formula is C16H12BrF3N2O4S. The highest BCUT2D eigenvalue weighted by Gasteiger charge is 2.31. The molecule has 0 saturated carbocycles. The summed E-state index contributed by atoms with van der Waals surface area (Å²) in [4.78, 5) is 10.8. The molecule has 27 heavy (non-hydrogen) atoms. The Hall–Kier alpha value is -2.37. The number of rotatable bonds is 5. The van der Waals surface area contributed by atoms with Gasteiger partial charge in [-0.15, -0.1) is 0 Å². The van der Waals surface area contributed by atoms with E-state index in [1.54, 1.807) is 0 Å². The van der Waals surface area contributed by atoms with Crippen LogP contribution in [0, 0.1) is 0 Å². The number of nitrogens with one attached hydrogen (secondary N) is 2. The van der Waals surface area contributed by atoms with E-state index in [2.05, 4.69) is 20.7 Å². The maximum absolute atomic E-state index is 12.8. The second-order valence-corrected chi connectivity index (χ2v) is 7.72. The minimum atomic E-state index is -4.63. The monoisotopic (exact) mass is 464 g/mol. The van der Waals surface area contributed by atoms with Gasteiger partial charge < -0.3 is 0 Å². The fourth-order valence-corrected chi connectivity index (χ4v) is 3.58. The molecule has 0 aliphatic heterocycles. The van der Waals surface area contributed by atoms with Gasteiger partial charge in [0.1, 0.15) is 0 Å². The van der Waals surface area contributed by atoms with Gasteiger partial charge in [-0.2, -0.15) is 13.2 Å². The van der Waals surface area contributed by atoms with Crippen molar-refractivity contribution in [3.05, 3.63) is 64.1 Å². The van der Waals surface area contributed by atoms with Gasteiger partial charge in [0.25, 0.3) is 15.9 Å². The Morgan fingerprint density at radius 3 is 2.48 bits per heavy atom. The summed E-state index contributed by atoms with van der Waals surface area (Å²) in [5.74, 6) is -0.811. The lowest BCUT2D eigenvalue weighted by Gasteiger charge is -2.13. The summed E-state index contributed by atoms with van der Waals surface area (Å²) >= 11 is 3.01. The Kier molecular flexibility index (Phi) is 6.29. The number of sulfonamides is 1. The van der Waals surface area contributed by atoms with Gasteiger partial charge in [-0.25, -0.2) is 13.9 Å². The highest BCUT2D eigenvalue weighted by atomic mass is 79.9. The topological polar surface area (TPSA) is 95.5 Å². The first kappa shape index (κ1) is 20.9. The Morgan fingerprint density at radius 1 is 1.15 bits per heavy atom. The van der Waals surface area contributed by atoms with Crippen molar-refractivity contribution in [1.29, 1.82) is 0 Å². The first-order valence-corrected chi connectivity index (χ1v) is 9.42. The molecule has 0 spiro atoms. The van der Waals surface area contributed by atoms with E-state index in [4.69, 9.17) is 5.21 Å². The van der Waals surface area contributed by atoms with Crippen LogP contribution in [-0.4, -0.2) is 19.5 Å². The van der Waals surface area contributed by atoms with Crippen molar-refractivity contribution in [3.63, 3.8) is 0 Å². The first-order valence-electron chi connectivity index (χ1n) is 7.15. The van der Waals surface area contributed by atoms with Gasteiger partial charge >= 0.3 is 6.18 Å². The number of anilines is 1. The van der Waals surface area contributed by atoms with Crippen LogP contribution >= 0.6 is 15.9 Å². The molecule has 0 saturated heterocycles. The van der Waals surface area contributed by atoms with Crippen LogP contribution in [0.25, 0.3) is 6.08 Å². The van der Waals surface area contributed by atoms with Crippen molar-refractivity contribution in [2.45, 2.75) is 11.1 Å². The van der Waals surface area contributed by atoms with Gasteiger partial charge in [0.05, 0.1) is 16.1 Å². The molecule has 3 N–H and O–H groups in total. The highest BCUT2D eigenvalue weighted by molar-refractivity contribution is 9.10. The number of hydrogen-bond donors (Lipinski definition) is 3. The zero-order valence-corrected chi connectivity index (χ0v) is 15.7. The highest BCUT2D eigenvalue weighted by Crippen LogP contribution is 2.34. The number of amides is 1. The molecule has 1 amide bonds. The molecule has 0 bridgehead atoms. The number of hydrogen-bond acceptors (Lipinski definition) is 4. The third-order valence-electron chi connectivity index (χ3n) is 3.24. The van der Waals surface area contributed by atoms with E-state index < -0.39 is 27.7 Å². The molecule has 2 rings (SSSR count). The van der Waals surface area contributed by atoms with Crippen molar-refractivity contribution >= 4 is 43.6 Å². The van der Waals surface area contributed by atoms with Crippen molar-refractivity contribution in [1.82, 2.24) is 5.48 Å². The Labute approximate surface area is 160 Å². The Bertz CT molecular complexity index is 991. The maximum Gasteiger partial charge on any atom is 0.416 e. The molecule has 0 fully saturated rings. The average molecular weight is 465 g/mol. The lowest BCUT2D eigenvalue weighted by atomic mass is 10.2. The van der Waals surface area contributed by atoms with Crippen LogP contribution in [0.1, 0.15) is 11.1 Å². The van der Waals surface area contributed by atoms with Crippen LogP contribution in [0.15, 0.2) is 57.9 Å². The molecular weight excluding hydrogens is 453 g/mol. The van der Waals surface area contributed by atoms with Gasteiger partial charge in [0.15, 0.2) is 0 Å². The maximum atomic E-state index is 12.8. The fraction of sp³-hybridized carbons (Fsp3) is 0.0625. The standard InChI is InChI=1S/C16H12BrF3N2O4S/c17-13-6-5-11(16(18,19)20)9-14(13)22-27(25,26)12-3-1-2-10(8-12)4-7-15(23)21-24/h1-9,22,24H,(H,21,23). The SMILES string of the molecule is O=C(C=Cc1cccc(S(=O)(=O)Nc2cc(C(F)(F)F)ccc2Br)c1)NO. The number of benzene rings is 2. The zero-order chi connectivity index (χ0) is 20.2. The summed E-state index contributed by atoms with van der Waals surface area (Å²) in [6, 6.07) is 7.94. The summed E-state index contributed by atoms with van der Waals surface area (Å²) in [6.45, 7) is 0. The minimum Gasteiger partial charge on any atom is -0.288 e. The minimum absolute atomic E-state index is 0.134. The van der Waals surface area contributed by atoms with Gasteiger partial charge in [-0.1, -0.05) is 12.1 Å². The van der Waals surface area contributed by atoms with E-state index >= 15 is 0 Å². The van der Waals surface area contributed by atoms with Gasteiger partial charge in [-0.05, 0) is 57.9 Å². The Balaban J connectivity index is 2.35. The summed E-state index contributed by atoms with van der Waals surface area (Å²) in [7, 11) is -4.20. The molecule has 11 heteroatoms. The normalized spacial score (nSPS) is 12.2. The molecule has 0 radical (unpaired) electrons. The first-order chi connectivity index (χ1) is 12.5. The van der Waals surface area contributed by atoms with Crippen LogP contribution in [0.2, 0.25) is 0 Å². The molecule has 0 atom stereocenters. The fourth-order valence-electron chi connectivity index (χ4n) is 1.98. The van der Waals surface area contributed by atoms with E-state index in [9.17, 15) is 26.4 Å². The summed E-state index contributed by atoms with van der Waals surface area (Å²) < 4.78 is 65.8. The predicted octanol–water partition coefficient (Wildman–Crippen LogP) is 3.79. The number of carbonyl (C=O) groups excluding carboxylic acids is 1. The molecule has 0 heterocycles. The number of carbonyl (C=O) groups is 1. The lowest BCUT2D eigenvalue weighted by Crippen LogP contribution is -2.15. The summed E-state index contributed by atoms with van der Waals surface area (Å²) in [5.41, 5.74) is 0.429. The lowest BCUT2D eigenvalue weighted by molar-refractivity contribution is -0.137. The quantitative estimate of drug-likeness (QED) is 0.356. The molecule has 0 aliphatic carbocycles. The molecule has 0 aromatic heterocycles. The molecule has 0 aliphatic rings. The van der Waals surface area contributed by atoms with Crippen molar-refractivity contribution in [2.24, 2.45) is 0 Å². The number of alkyl halides is 3. The van der Waals surface area contributed by atoms with Crippen LogP contribution in [0.5, 0.6) is 0 Å². The average Bonchev–Trinajstić information content (AvgIpc) is 2.60. The zero-order valence-electron chi connectivity index (χ0n) is 13.3. The summed E-state index contributed by atoms with van der Waals surface area (Å²) in [5, 5.41) is 8.43. The predicted molar refractivity (Wildman–Crippen MR) is 95.4 cm³/mol. The van der Waals surface area contributed by atoms with Crippen LogP contribution in [0.4, 0.5) is 18.9 Å². The molecule has 0 unspecified atom stereocenters. The van der Waals surface area contributed by atoms with E-state index in [0.29, 0.717) is 11.6 Å². The summed E-state index contributed by atoms with van der Waals surface area (Å²) in [6.07, 6.45) is -2.40. The van der Waals surface area contributed by atoms with Crippen LogP contribution in [0.3, 0.4) is 0 Å². The third-order valence-corrected chi connectivity index (χ3v) is 5.30. The van der Waals surface area contributed by atoms with Crippen molar-refractivity contribution in [3.8, 4) is 0 Å². The Morgan fingerprint density at radius 2 is 1.85 bits per heavy atom. The second kappa shape index (κ2) is 8.11. The second-order valence-electron chi connectivity index (χ2n) is 5.18. The van der Waals surface area contributed by atoms with Gasteiger partial charge in [-0.3, -0.25) is 14.7 Å². The van der Waals surface area contributed by atoms with E-state index in [1.807, 2.05) is 0 Å². The number of halogens is 4. The van der Waals surface area contributed by atoms with Crippen LogP contribution in [-0.2, 0) is 21.0 Å². The van der Waals surface area contributed by atoms with E-state index in [-0.39, 0.29) is 15.1 Å². The largest absolute Gasteiger partial charge is 0.416 e. The number of hydroxylamine groups is 1. The van der Waals surface area contributed by atoms with Crippen LogP contribution < -0.4 is 10.2 Å². The van der Waals surface area contributed by atoms with E-state index in [1.165, 1.54) is 35.8 Å². The van der Waals surface area contributed by atoms with E-state index in [0.717, 1.165) is 18.2 Å². The third kappa shape index (κ3) is 5.55. The van der Waals surface area contributed by atoms with Gasteiger partial charge in [0.2, 0.25) is 0 Å². The van der Waals surface area contributed by atoms with Crippen molar-refractivity contribution in [2.75, 3.05) is 4.72 Å². The molecule has 2 aromatic rings. The smallest absolute Gasteiger partial charge is 0.288 e. The van der Waals surface area contributed by atoms with Crippen molar-refractivity contribution < 1.29 is 31.6 Å².